The van der Waals surface area contributed by atoms with E-state index in [0.717, 1.165) is 28.4 Å². The molecule has 2 aromatic carbocycles. The van der Waals surface area contributed by atoms with Gasteiger partial charge in [-0.05, 0) is 42.3 Å². The van der Waals surface area contributed by atoms with E-state index in [2.05, 4.69) is 4.90 Å². The van der Waals surface area contributed by atoms with Gasteiger partial charge in [-0.3, -0.25) is 0 Å². The second-order valence-corrected chi connectivity index (χ2v) is 5.71. The first-order valence-corrected chi connectivity index (χ1v) is 7.16. The van der Waals surface area contributed by atoms with Crippen molar-refractivity contribution < 1.29 is 5.11 Å². The summed E-state index contributed by atoms with van der Waals surface area (Å²) in [5.41, 5.74) is 2.88. The molecule has 0 radical (unpaired) electrons. The number of aliphatic hydroxyl groups is 1. The van der Waals surface area contributed by atoms with Gasteiger partial charge < -0.3 is 10.0 Å². The highest BCUT2D eigenvalue weighted by molar-refractivity contribution is 6.31. The third-order valence-corrected chi connectivity index (χ3v) is 3.75. The number of hydrogen-bond acceptors (Lipinski definition) is 2. The maximum Gasteiger partial charge on any atom is 0.0776 e. The molecule has 0 heterocycles. The molecule has 0 saturated heterocycles. The lowest BCUT2D eigenvalue weighted by atomic mass is 10.1. The smallest absolute Gasteiger partial charge is 0.0776 e. The van der Waals surface area contributed by atoms with Crippen molar-refractivity contribution in [2.45, 2.75) is 19.6 Å². The van der Waals surface area contributed by atoms with Crippen LogP contribution in [0.4, 0.5) is 5.69 Å². The molecular formula is C16H17Cl2NO. The Bertz CT molecular complexity index is 599. The maximum atomic E-state index is 9.59. The fraction of sp³-hybridized carbons (Fsp3) is 0.250. The van der Waals surface area contributed by atoms with Gasteiger partial charge in [0.2, 0.25) is 0 Å². The predicted octanol–water partition coefficient (Wildman–Crippen LogP) is 4.68. The quantitative estimate of drug-likeness (QED) is 0.886. The Morgan fingerprint density at radius 3 is 2.50 bits per heavy atom. The van der Waals surface area contributed by atoms with Crippen molar-refractivity contribution in [3.05, 3.63) is 63.6 Å². The van der Waals surface area contributed by atoms with Gasteiger partial charge in [-0.2, -0.15) is 0 Å². The number of benzene rings is 2. The van der Waals surface area contributed by atoms with Gasteiger partial charge in [-0.1, -0.05) is 41.4 Å². The second kappa shape index (κ2) is 6.49. The lowest BCUT2D eigenvalue weighted by Crippen LogP contribution is -2.16. The summed E-state index contributed by atoms with van der Waals surface area (Å²) in [5, 5.41) is 10.9. The minimum absolute atomic E-state index is 0.560. The first-order valence-electron chi connectivity index (χ1n) is 6.40. The first-order chi connectivity index (χ1) is 9.47. The van der Waals surface area contributed by atoms with Crippen molar-refractivity contribution in [2.24, 2.45) is 0 Å². The standard InChI is InChI=1S/C16H17Cl2NO/c1-11(20)15-7-6-14(9-16(15)18)19(2)10-12-4-3-5-13(17)8-12/h3-9,11,20H,10H2,1-2H3. The molecule has 106 valence electrons. The van der Waals surface area contributed by atoms with E-state index in [1.54, 1.807) is 6.92 Å². The van der Waals surface area contributed by atoms with E-state index >= 15 is 0 Å². The average molecular weight is 310 g/mol. The summed E-state index contributed by atoms with van der Waals surface area (Å²) >= 11 is 12.2. The van der Waals surface area contributed by atoms with E-state index in [0.29, 0.717) is 5.02 Å². The second-order valence-electron chi connectivity index (χ2n) is 4.87. The Hall–Kier alpha value is -1.22. The molecule has 1 N–H and O–H groups in total. The number of anilines is 1. The van der Waals surface area contributed by atoms with Gasteiger partial charge in [0.1, 0.15) is 0 Å². The van der Waals surface area contributed by atoms with Crippen LogP contribution in [0.3, 0.4) is 0 Å². The van der Waals surface area contributed by atoms with Gasteiger partial charge in [0.15, 0.2) is 0 Å². The van der Waals surface area contributed by atoms with Gasteiger partial charge in [-0.25, -0.2) is 0 Å². The van der Waals surface area contributed by atoms with Gasteiger partial charge in [0.25, 0.3) is 0 Å². The SMILES string of the molecule is CC(O)c1ccc(N(C)Cc2cccc(Cl)c2)cc1Cl. The molecule has 4 heteroatoms. The van der Waals surface area contributed by atoms with Crippen LogP contribution in [0.15, 0.2) is 42.5 Å². The third-order valence-electron chi connectivity index (χ3n) is 3.18. The number of nitrogens with zero attached hydrogens (tertiary/aromatic N) is 1. The average Bonchev–Trinajstić information content (AvgIpc) is 2.38. The monoisotopic (exact) mass is 309 g/mol. The van der Waals surface area contributed by atoms with E-state index < -0.39 is 6.10 Å². The Kier molecular flexibility index (Phi) is 4.92. The molecule has 1 atom stereocenters. The van der Waals surface area contributed by atoms with Gasteiger partial charge in [-0.15, -0.1) is 0 Å². The molecule has 1 unspecified atom stereocenters. The molecular weight excluding hydrogens is 293 g/mol. The van der Waals surface area contributed by atoms with Crippen LogP contribution >= 0.6 is 23.2 Å². The molecule has 0 aliphatic heterocycles. The molecule has 0 amide bonds. The third kappa shape index (κ3) is 3.66. The van der Waals surface area contributed by atoms with E-state index in [1.165, 1.54) is 0 Å². The highest BCUT2D eigenvalue weighted by atomic mass is 35.5. The molecule has 2 aromatic rings. The van der Waals surface area contributed by atoms with Crippen molar-refractivity contribution in [3.63, 3.8) is 0 Å². The zero-order valence-corrected chi connectivity index (χ0v) is 13.0. The molecule has 0 aliphatic carbocycles. The minimum atomic E-state index is -0.560. The number of halogens is 2. The largest absolute Gasteiger partial charge is 0.389 e. The molecule has 2 nitrogen and oxygen atoms in total. The molecule has 0 saturated carbocycles. The van der Waals surface area contributed by atoms with Crippen LogP contribution in [0.2, 0.25) is 10.0 Å². The molecule has 0 fully saturated rings. The van der Waals surface area contributed by atoms with E-state index in [-0.39, 0.29) is 0 Å². The fourth-order valence-electron chi connectivity index (χ4n) is 2.09. The lowest BCUT2D eigenvalue weighted by Gasteiger charge is -2.21. The van der Waals surface area contributed by atoms with Crippen LogP contribution < -0.4 is 4.90 Å². The van der Waals surface area contributed by atoms with Crippen molar-refractivity contribution >= 4 is 28.9 Å². The van der Waals surface area contributed by atoms with Gasteiger partial charge in [0, 0.05) is 29.3 Å². The number of rotatable bonds is 4. The van der Waals surface area contributed by atoms with E-state index in [1.807, 2.05) is 49.5 Å². The Labute approximate surface area is 129 Å². The van der Waals surface area contributed by atoms with Gasteiger partial charge >= 0.3 is 0 Å². The van der Waals surface area contributed by atoms with E-state index in [4.69, 9.17) is 23.2 Å². The Morgan fingerprint density at radius 1 is 1.15 bits per heavy atom. The van der Waals surface area contributed by atoms with Crippen LogP contribution in [0, 0.1) is 0 Å². The highest BCUT2D eigenvalue weighted by Gasteiger charge is 2.09. The number of aliphatic hydroxyl groups excluding tert-OH is 1. The normalized spacial score (nSPS) is 12.2. The van der Waals surface area contributed by atoms with Crippen LogP contribution in [0.1, 0.15) is 24.2 Å². The number of hydrogen-bond donors (Lipinski definition) is 1. The molecule has 0 bridgehead atoms. The Balaban J connectivity index is 2.17. The maximum absolute atomic E-state index is 9.59. The van der Waals surface area contributed by atoms with Crippen LogP contribution in [-0.4, -0.2) is 12.2 Å². The minimum Gasteiger partial charge on any atom is -0.389 e. The van der Waals surface area contributed by atoms with Crippen LogP contribution in [-0.2, 0) is 6.54 Å². The van der Waals surface area contributed by atoms with Crippen LogP contribution in [0.25, 0.3) is 0 Å². The summed E-state index contributed by atoms with van der Waals surface area (Å²) in [4.78, 5) is 2.09. The molecule has 0 spiro atoms. The summed E-state index contributed by atoms with van der Waals surface area (Å²) in [6.07, 6.45) is -0.560. The van der Waals surface area contributed by atoms with Gasteiger partial charge in [0.05, 0.1) is 6.10 Å². The van der Waals surface area contributed by atoms with Crippen LogP contribution in [0.5, 0.6) is 0 Å². The Morgan fingerprint density at radius 2 is 1.90 bits per heavy atom. The first kappa shape index (κ1) is 15.2. The molecule has 20 heavy (non-hydrogen) atoms. The molecule has 2 rings (SSSR count). The predicted molar refractivity (Wildman–Crippen MR) is 85.6 cm³/mol. The molecule has 0 aliphatic rings. The lowest BCUT2D eigenvalue weighted by molar-refractivity contribution is 0.199. The van der Waals surface area contributed by atoms with Crippen molar-refractivity contribution in [3.8, 4) is 0 Å². The van der Waals surface area contributed by atoms with Crippen molar-refractivity contribution in [2.75, 3.05) is 11.9 Å². The summed E-state index contributed by atoms with van der Waals surface area (Å²) in [6.45, 7) is 2.45. The van der Waals surface area contributed by atoms with E-state index in [9.17, 15) is 5.11 Å². The fourth-order valence-corrected chi connectivity index (χ4v) is 2.64. The topological polar surface area (TPSA) is 23.5 Å². The van der Waals surface area contributed by atoms with Crippen molar-refractivity contribution in [1.82, 2.24) is 0 Å². The summed E-state index contributed by atoms with van der Waals surface area (Å²) < 4.78 is 0. The zero-order valence-electron chi connectivity index (χ0n) is 11.5. The zero-order chi connectivity index (χ0) is 14.7. The highest BCUT2D eigenvalue weighted by Crippen LogP contribution is 2.28. The summed E-state index contributed by atoms with van der Waals surface area (Å²) in [6, 6.07) is 13.5. The van der Waals surface area contributed by atoms with Crippen molar-refractivity contribution in [1.29, 1.82) is 0 Å². The molecule has 0 aromatic heterocycles. The summed E-state index contributed by atoms with van der Waals surface area (Å²) in [5.74, 6) is 0. The summed E-state index contributed by atoms with van der Waals surface area (Å²) in [7, 11) is 1.99.